The highest BCUT2D eigenvalue weighted by molar-refractivity contribution is 9.10. The van der Waals surface area contributed by atoms with Crippen molar-refractivity contribution in [3.8, 4) is 17.2 Å². The summed E-state index contributed by atoms with van der Waals surface area (Å²) in [5, 5.41) is 14.7. The van der Waals surface area contributed by atoms with Crippen molar-refractivity contribution < 1.29 is 14.6 Å². The lowest BCUT2D eigenvalue weighted by Crippen LogP contribution is -2.13. The molecule has 25 heavy (non-hydrogen) atoms. The zero-order valence-electron chi connectivity index (χ0n) is 14.0. The molecule has 0 aliphatic carbocycles. The molecule has 1 aromatic heterocycles. The lowest BCUT2D eigenvalue weighted by atomic mass is 10.1. The van der Waals surface area contributed by atoms with Crippen molar-refractivity contribution in [2.24, 2.45) is 0 Å². The third kappa shape index (κ3) is 3.70. The molecule has 3 rings (SSSR count). The van der Waals surface area contributed by atoms with Crippen molar-refractivity contribution in [2.75, 3.05) is 14.2 Å². The predicted molar refractivity (Wildman–Crippen MR) is 101 cm³/mol. The molecule has 0 bridgehead atoms. The number of methoxy groups -OCH3 is 2. The molecule has 130 valence electrons. The Morgan fingerprint density at radius 2 is 1.88 bits per heavy atom. The molecule has 2 aromatic carbocycles. The normalized spacial score (nSPS) is 10.8. The molecule has 0 saturated heterocycles. The lowest BCUT2D eigenvalue weighted by Gasteiger charge is -2.12. The van der Waals surface area contributed by atoms with Crippen LogP contribution in [0.4, 0.5) is 0 Å². The van der Waals surface area contributed by atoms with Gasteiger partial charge in [-0.25, -0.2) is 0 Å². The van der Waals surface area contributed by atoms with E-state index in [0.717, 1.165) is 21.0 Å². The summed E-state index contributed by atoms with van der Waals surface area (Å²) in [6, 6.07) is 11.5. The molecular weight excluding hydrogens is 384 g/mol. The maximum Gasteiger partial charge on any atom is 0.161 e. The average Bonchev–Trinajstić information content (AvgIpc) is 2.65. The molecule has 3 aromatic rings. The quantitative estimate of drug-likeness (QED) is 0.651. The number of halogens is 1. The van der Waals surface area contributed by atoms with Gasteiger partial charge in [-0.1, -0.05) is 28.1 Å². The highest BCUT2D eigenvalue weighted by atomic mass is 79.9. The summed E-state index contributed by atoms with van der Waals surface area (Å²) in [6.07, 6.45) is 1.68. The van der Waals surface area contributed by atoms with Crippen molar-refractivity contribution >= 4 is 26.8 Å². The summed E-state index contributed by atoms with van der Waals surface area (Å²) in [7, 11) is 3.23. The smallest absolute Gasteiger partial charge is 0.161 e. The fourth-order valence-electron chi connectivity index (χ4n) is 2.70. The van der Waals surface area contributed by atoms with Crippen molar-refractivity contribution in [1.29, 1.82) is 0 Å². The molecule has 2 N–H and O–H groups in total. The zero-order valence-corrected chi connectivity index (χ0v) is 15.6. The van der Waals surface area contributed by atoms with E-state index in [1.807, 2.05) is 36.4 Å². The van der Waals surface area contributed by atoms with Crippen LogP contribution in [0.2, 0.25) is 0 Å². The molecule has 0 amide bonds. The fourth-order valence-corrected chi connectivity index (χ4v) is 3.30. The Hall–Kier alpha value is -2.31. The number of phenols is 1. The molecule has 0 saturated carbocycles. The SMILES string of the molecule is COc1ccc(CNCc2cc(Br)c3cccnc3c2O)cc1OC. The van der Waals surface area contributed by atoms with E-state index in [-0.39, 0.29) is 5.75 Å². The van der Waals surface area contributed by atoms with Crippen molar-refractivity contribution in [3.05, 3.63) is 58.2 Å². The fraction of sp³-hybridized carbons (Fsp3) is 0.211. The minimum atomic E-state index is 0.207. The third-order valence-corrected chi connectivity index (χ3v) is 4.64. The minimum absolute atomic E-state index is 0.207. The first-order valence-electron chi connectivity index (χ1n) is 7.80. The molecule has 5 nitrogen and oxygen atoms in total. The van der Waals surface area contributed by atoms with Gasteiger partial charge in [-0.15, -0.1) is 0 Å². The minimum Gasteiger partial charge on any atom is -0.505 e. The Labute approximate surface area is 154 Å². The predicted octanol–water partition coefficient (Wildman–Crippen LogP) is 4.01. The Balaban J connectivity index is 1.74. The topological polar surface area (TPSA) is 63.6 Å². The second-order valence-corrected chi connectivity index (χ2v) is 6.41. The number of phenolic OH excluding ortho intramolecular Hbond substituents is 1. The summed E-state index contributed by atoms with van der Waals surface area (Å²) in [5.41, 5.74) is 2.45. The second-order valence-electron chi connectivity index (χ2n) is 5.56. The molecule has 1 heterocycles. The van der Waals surface area contributed by atoms with Gasteiger partial charge in [0.2, 0.25) is 0 Å². The van der Waals surface area contributed by atoms with Crippen LogP contribution in [0.5, 0.6) is 17.2 Å². The largest absolute Gasteiger partial charge is 0.505 e. The molecule has 0 fully saturated rings. The first kappa shape index (κ1) is 17.5. The highest BCUT2D eigenvalue weighted by Crippen LogP contribution is 2.33. The monoisotopic (exact) mass is 402 g/mol. The van der Waals surface area contributed by atoms with Crippen LogP contribution >= 0.6 is 15.9 Å². The van der Waals surface area contributed by atoms with Crippen LogP contribution in [0.15, 0.2) is 47.1 Å². The number of fused-ring (bicyclic) bond motifs is 1. The Morgan fingerprint density at radius 1 is 1.08 bits per heavy atom. The Kier molecular flexibility index (Phi) is 5.40. The van der Waals surface area contributed by atoms with Crippen LogP contribution in [0.3, 0.4) is 0 Å². The van der Waals surface area contributed by atoms with Gasteiger partial charge in [0, 0.05) is 34.7 Å². The van der Waals surface area contributed by atoms with Gasteiger partial charge in [0.25, 0.3) is 0 Å². The van der Waals surface area contributed by atoms with Crippen LogP contribution in [0.1, 0.15) is 11.1 Å². The molecule has 0 aliphatic heterocycles. The number of aromatic hydroxyl groups is 1. The zero-order chi connectivity index (χ0) is 17.8. The van der Waals surface area contributed by atoms with Gasteiger partial charge in [0.15, 0.2) is 11.5 Å². The summed E-state index contributed by atoms with van der Waals surface area (Å²) in [5.74, 6) is 1.61. The average molecular weight is 403 g/mol. The van der Waals surface area contributed by atoms with E-state index in [0.29, 0.717) is 30.1 Å². The Bertz CT molecular complexity index is 899. The first-order chi connectivity index (χ1) is 12.1. The van der Waals surface area contributed by atoms with Crippen LogP contribution in [0.25, 0.3) is 10.9 Å². The molecule has 6 heteroatoms. The van der Waals surface area contributed by atoms with Crippen LogP contribution in [-0.2, 0) is 13.1 Å². The number of rotatable bonds is 6. The van der Waals surface area contributed by atoms with Crippen molar-refractivity contribution in [1.82, 2.24) is 10.3 Å². The molecule has 0 aliphatic rings. The number of ether oxygens (including phenoxy) is 2. The van der Waals surface area contributed by atoms with Gasteiger partial charge in [0.1, 0.15) is 11.3 Å². The number of hydrogen-bond donors (Lipinski definition) is 2. The number of hydrogen-bond acceptors (Lipinski definition) is 5. The van der Waals surface area contributed by atoms with Gasteiger partial charge >= 0.3 is 0 Å². The van der Waals surface area contributed by atoms with Gasteiger partial charge in [0.05, 0.1) is 14.2 Å². The van der Waals surface area contributed by atoms with Crippen LogP contribution in [0, 0.1) is 0 Å². The van der Waals surface area contributed by atoms with Gasteiger partial charge < -0.3 is 19.9 Å². The standard InChI is InChI=1S/C19H19BrN2O3/c1-24-16-6-5-12(8-17(16)25-2)10-21-11-13-9-15(20)14-4-3-7-22-18(14)19(13)23/h3-9,21,23H,10-11H2,1-2H3. The van der Waals surface area contributed by atoms with Crippen LogP contribution < -0.4 is 14.8 Å². The van der Waals surface area contributed by atoms with Gasteiger partial charge in [-0.2, -0.15) is 0 Å². The number of aromatic nitrogens is 1. The molecule has 0 atom stereocenters. The summed E-state index contributed by atoms with van der Waals surface area (Å²) in [6.45, 7) is 1.16. The van der Waals surface area contributed by atoms with Gasteiger partial charge in [-0.3, -0.25) is 4.98 Å². The number of pyridine rings is 1. The van der Waals surface area contributed by atoms with Crippen LogP contribution in [-0.4, -0.2) is 24.3 Å². The molecule has 0 unspecified atom stereocenters. The van der Waals surface area contributed by atoms with E-state index in [9.17, 15) is 5.11 Å². The van der Waals surface area contributed by atoms with Gasteiger partial charge in [-0.05, 0) is 29.8 Å². The maximum atomic E-state index is 10.5. The summed E-state index contributed by atoms with van der Waals surface area (Å²) in [4.78, 5) is 4.27. The maximum absolute atomic E-state index is 10.5. The molecule has 0 spiro atoms. The van der Waals surface area contributed by atoms with E-state index in [4.69, 9.17) is 9.47 Å². The highest BCUT2D eigenvalue weighted by Gasteiger charge is 2.11. The number of nitrogens with zero attached hydrogens (tertiary/aromatic N) is 1. The Morgan fingerprint density at radius 3 is 2.64 bits per heavy atom. The van der Waals surface area contributed by atoms with E-state index >= 15 is 0 Å². The second kappa shape index (κ2) is 7.72. The number of nitrogens with one attached hydrogen (secondary N) is 1. The molecule has 0 radical (unpaired) electrons. The number of benzene rings is 2. The van der Waals surface area contributed by atoms with E-state index in [2.05, 4.69) is 26.2 Å². The molecular formula is C19H19BrN2O3. The third-order valence-electron chi connectivity index (χ3n) is 3.99. The van der Waals surface area contributed by atoms with E-state index < -0.39 is 0 Å². The van der Waals surface area contributed by atoms with Crippen molar-refractivity contribution in [2.45, 2.75) is 13.1 Å². The lowest BCUT2D eigenvalue weighted by molar-refractivity contribution is 0.354. The van der Waals surface area contributed by atoms with E-state index in [1.165, 1.54) is 0 Å². The van der Waals surface area contributed by atoms with Crippen molar-refractivity contribution in [3.63, 3.8) is 0 Å². The van der Waals surface area contributed by atoms with E-state index in [1.54, 1.807) is 20.4 Å². The summed E-state index contributed by atoms with van der Waals surface area (Å²) >= 11 is 3.54. The first-order valence-corrected chi connectivity index (χ1v) is 8.60. The summed E-state index contributed by atoms with van der Waals surface area (Å²) < 4.78 is 11.5.